The molecule has 1 aromatic heterocycles. The van der Waals surface area contributed by atoms with E-state index in [2.05, 4.69) is 15.3 Å². The molecule has 1 heterocycles. The average Bonchev–Trinajstić information content (AvgIpc) is 2.27. The van der Waals surface area contributed by atoms with Crippen LogP contribution in [0.3, 0.4) is 0 Å². The molecule has 0 unspecified atom stereocenters. The van der Waals surface area contributed by atoms with Crippen LogP contribution in [0.4, 0.5) is 5.95 Å². The Hall–Kier alpha value is -0.870. The molecular formula is C12H20ClN3O. The summed E-state index contributed by atoms with van der Waals surface area (Å²) in [6.45, 7) is 7.63. The first kappa shape index (κ1) is 14.2. The van der Waals surface area contributed by atoms with Gasteiger partial charge >= 0.3 is 0 Å². The molecule has 1 rings (SSSR count). The summed E-state index contributed by atoms with van der Waals surface area (Å²) in [5.74, 6) is 0.596. The van der Waals surface area contributed by atoms with Gasteiger partial charge in [-0.05, 0) is 32.8 Å². The number of nitrogens with one attached hydrogen (secondary N) is 1. The van der Waals surface area contributed by atoms with Gasteiger partial charge in [0.1, 0.15) is 5.15 Å². The molecule has 0 aromatic carbocycles. The standard InChI is InChI=1S/C12H20ClN3O/c1-4-10-8-11(13)16-12(15-10)14-6-5-7-17-9(2)3/h8-9H,4-7H2,1-3H3,(H,14,15,16). The fourth-order valence-electron chi connectivity index (χ4n) is 1.32. The molecule has 0 saturated heterocycles. The average molecular weight is 258 g/mol. The molecule has 0 spiro atoms. The van der Waals surface area contributed by atoms with E-state index in [1.165, 1.54) is 0 Å². The first-order chi connectivity index (χ1) is 8.11. The molecule has 1 aromatic rings. The topological polar surface area (TPSA) is 47.0 Å². The summed E-state index contributed by atoms with van der Waals surface area (Å²) in [6.07, 6.45) is 2.06. The van der Waals surface area contributed by atoms with E-state index in [1.54, 1.807) is 6.07 Å². The summed E-state index contributed by atoms with van der Waals surface area (Å²) in [5.41, 5.74) is 0.950. The molecule has 0 radical (unpaired) electrons. The molecule has 0 aliphatic rings. The number of aryl methyl sites for hydroxylation is 1. The number of halogens is 1. The zero-order valence-corrected chi connectivity index (χ0v) is 11.4. The summed E-state index contributed by atoms with van der Waals surface area (Å²) in [7, 11) is 0. The molecule has 5 heteroatoms. The molecule has 0 aliphatic carbocycles. The maximum atomic E-state index is 5.89. The maximum absolute atomic E-state index is 5.89. The second-order valence-corrected chi connectivity index (χ2v) is 4.45. The van der Waals surface area contributed by atoms with Crippen LogP contribution in [0.1, 0.15) is 32.9 Å². The third kappa shape index (κ3) is 5.84. The van der Waals surface area contributed by atoms with E-state index in [0.717, 1.165) is 31.7 Å². The van der Waals surface area contributed by atoms with Crippen LogP contribution in [0, 0.1) is 0 Å². The summed E-state index contributed by atoms with van der Waals surface area (Å²) < 4.78 is 5.44. The molecule has 0 fully saturated rings. The molecule has 0 bridgehead atoms. The van der Waals surface area contributed by atoms with Crippen LogP contribution in [-0.2, 0) is 11.2 Å². The predicted octanol–water partition coefficient (Wildman–Crippen LogP) is 2.92. The van der Waals surface area contributed by atoms with Gasteiger partial charge in [0.2, 0.25) is 5.95 Å². The van der Waals surface area contributed by atoms with Crippen molar-refractivity contribution in [2.45, 2.75) is 39.7 Å². The molecule has 0 amide bonds. The van der Waals surface area contributed by atoms with E-state index >= 15 is 0 Å². The Kier molecular flexibility index (Phi) is 6.22. The Morgan fingerprint density at radius 2 is 2.18 bits per heavy atom. The van der Waals surface area contributed by atoms with E-state index in [0.29, 0.717) is 11.1 Å². The Morgan fingerprint density at radius 3 is 2.82 bits per heavy atom. The zero-order valence-electron chi connectivity index (χ0n) is 10.7. The first-order valence-corrected chi connectivity index (χ1v) is 6.38. The van der Waals surface area contributed by atoms with Gasteiger partial charge in [0.05, 0.1) is 6.10 Å². The monoisotopic (exact) mass is 257 g/mol. The number of anilines is 1. The highest BCUT2D eigenvalue weighted by Crippen LogP contribution is 2.10. The summed E-state index contributed by atoms with van der Waals surface area (Å²) in [5, 5.41) is 3.63. The Labute approximate surface area is 108 Å². The highest BCUT2D eigenvalue weighted by atomic mass is 35.5. The summed E-state index contributed by atoms with van der Waals surface area (Å²) >= 11 is 5.89. The van der Waals surface area contributed by atoms with Crippen molar-refractivity contribution >= 4 is 17.5 Å². The SMILES string of the molecule is CCc1cc(Cl)nc(NCCCOC(C)C)n1. The molecule has 0 saturated carbocycles. The Morgan fingerprint density at radius 1 is 1.41 bits per heavy atom. The van der Waals surface area contributed by atoms with Crippen LogP contribution in [0.15, 0.2) is 6.07 Å². The van der Waals surface area contributed by atoms with Crippen molar-refractivity contribution in [2.75, 3.05) is 18.5 Å². The fraction of sp³-hybridized carbons (Fsp3) is 0.667. The van der Waals surface area contributed by atoms with Gasteiger partial charge in [-0.1, -0.05) is 18.5 Å². The van der Waals surface area contributed by atoms with Crippen molar-refractivity contribution < 1.29 is 4.74 Å². The molecular weight excluding hydrogens is 238 g/mol. The Balaban J connectivity index is 2.33. The molecule has 96 valence electrons. The van der Waals surface area contributed by atoms with Gasteiger partial charge in [-0.3, -0.25) is 0 Å². The molecule has 17 heavy (non-hydrogen) atoms. The lowest BCUT2D eigenvalue weighted by Crippen LogP contribution is -2.11. The van der Waals surface area contributed by atoms with Crippen LogP contribution in [0.25, 0.3) is 0 Å². The number of hydrogen-bond donors (Lipinski definition) is 1. The molecule has 0 atom stereocenters. The van der Waals surface area contributed by atoms with Crippen molar-refractivity contribution in [3.63, 3.8) is 0 Å². The van der Waals surface area contributed by atoms with E-state index < -0.39 is 0 Å². The van der Waals surface area contributed by atoms with E-state index in [4.69, 9.17) is 16.3 Å². The van der Waals surface area contributed by atoms with Gasteiger partial charge < -0.3 is 10.1 Å². The third-order valence-electron chi connectivity index (χ3n) is 2.17. The van der Waals surface area contributed by atoms with Gasteiger partial charge in [0.15, 0.2) is 0 Å². The van der Waals surface area contributed by atoms with Gasteiger partial charge in [-0.2, -0.15) is 0 Å². The minimum absolute atomic E-state index is 0.282. The lowest BCUT2D eigenvalue weighted by Gasteiger charge is -2.08. The van der Waals surface area contributed by atoms with Crippen molar-refractivity contribution in [2.24, 2.45) is 0 Å². The van der Waals surface area contributed by atoms with Crippen LogP contribution < -0.4 is 5.32 Å². The van der Waals surface area contributed by atoms with Gasteiger partial charge in [-0.15, -0.1) is 0 Å². The third-order valence-corrected chi connectivity index (χ3v) is 2.36. The second kappa shape index (κ2) is 7.45. The predicted molar refractivity (Wildman–Crippen MR) is 70.6 cm³/mol. The molecule has 0 aliphatic heterocycles. The van der Waals surface area contributed by atoms with E-state index in [-0.39, 0.29) is 6.10 Å². The highest BCUT2D eigenvalue weighted by molar-refractivity contribution is 6.29. The van der Waals surface area contributed by atoms with Crippen LogP contribution >= 0.6 is 11.6 Å². The van der Waals surface area contributed by atoms with Crippen molar-refractivity contribution in [3.05, 3.63) is 16.9 Å². The zero-order chi connectivity index (χ0) is 12.7. The quantitative estimate of drug-likeness (QED) is 0.603. The van der Waals surface area contributed by atoms with Gasteiger partial charge in [0.25, 0.3) is 0 Å². The number of hydrogen-bond acceptors (Lipinski definition) is 4. The first-order valence-electron chi connectivity index (χ1n) is 6.00. The van der Waals surface area contributed by atoms with Crippen LogP contribution in [-0.4, -0.2) is 29.2 Å². The molecule has 1 N–H and O–H groups in total. The lowest BCUT2D eigenvalue weighted by molar-refractivity contribution is 0.0787. The van der Waals surface area contributed by atoms with Crippen molar-refractivity contribution in [1.29, 1.82) is 0 Å². The van der Waals surface area contributed by atoms with Crippen LogP contribution in [0.5, 0.6) is 0 Å². The van der Waals surface area contributed by atoms with E-state index in [1.807, 2.05) is 20.8 Å². The van der Waals surface area contributed by atoms with Gasteiger partial charge in [-0.25, -0.2) is 9.97 Å². The highest BCUT2D eigenvalue weighted by Gasteiger charge is 2.01. The molecule has 4 nitrogen and oxygen atoms in total. The van der Waals surface area contributed by atoms with Gasteiger partial charge in [0, 0.05) is 18.8 Å². The normalized spacial score (nSPS) is 10.9. The summed E-state index contributed by atoms with van der Waals surface area (Å²) in [6, 6.07) is 1.79. The maximum Gasteiger partial charge on any atom is 0.224 e. The minimum atomic E-state index is 0.282. The number of nitrogens with zero attached hydrogens (tertiary/aromatic N) is 2. The minimum Gasteiger partial charge on any atom is -0.379 e. The largest absolute Gasteiger partial charge is 0.379 e. The number of ether oxygens (including phenoxy) is 1. The number of aromatic nitrogens is 2. The second-order valence-electron chi connectivity index (χ2n) is 4.06. The Bertz CT molecular complexity index is 345. The van der Waals surface area contributed by atoms with Crippen molar-refractivity contribution in [1.82, 2.24) is 9.97 Å². The summed E-state index contributed by atoms with van der Waals surface area (Å²) in [4.78, 5) is 8.45. The smallest absolute Gasteiger partial charge is 0.224 e. The van der Waals surface area contributed by atoms with Crippen LogP contribution in [0.2, 0.25) is 5.15 Å². The number of rotatable bonds is 7. The lowest BCUT2D eigenvalue weighted by atomic mass is 10.3. The fourth-order valence-corrected chi connectivity index (χ4v) is 1.52. The van der Waals surface area contributed by atoms with E-state index in [9.17, 15) is 0 Å². The van der Waals surface area contributed by atoms with Crippen molar-refractivity contribution in [3.8, 4) is 0 Å².